The van der Waals surface area contributed by atoms with Gasteiger partial charge < -0.3 is 10.4 Å². The minimum atomic E-state index is -0.125. The molecule has 0 aliphatic rings. The van der Waals surface area contributed by atoms with Crippen molar-refractivity contribution < 1.29 is 9.90 Å². The predicted octanol–water partition coefficient (Wildman–Crippen LogP) is 2.87. The number of aromatic hydroxyl groups is 1. The average Bonchev–Trinajstić information content (AvgIpc) is 2.30. The van der Waals surface area contributed by atoms with Gasteiger partial charge in [-0.1, -0.05) is 26.8 Å². The number of phenols is 1. The van der Waals surface area contributed by atoms with Crippen LogP contribution in [0.5, 0.6) is 5.75 Å². The maximum Gasteiger partial charge on any atom is 0.251 e. The summed E-state index contributed by atoms with van der Waals surface area (Å²) in [4.78, 5) is 12.0. The van der Waals surface area contributed by atoms with Crippen molar-refractivity contribution in [1.29, 1.82) is 0 Å². The van der Waals surface area contributed by atoms with Gasteiger partial charge in [0, 0.05) is 17.7 Å². The number of benzene rings is 1. The van der Waals surface area contributed by atoms with Crippen molar-refractivity contribution in [2.24, 2.45) is 5.41 Å². The smallest absolute Gasteiger partial charge is 0.251 e. The van der Waals surface area contributed by atoms with E-state index in [-0.39, 0.29) is 17.1 Å². The zero-order valence-corrected chi connectivity index (χ0v) is 11.0. The molecule has 0 bridgehead atoms. The van der Waals surface area contributed by atoms with E-state index < -0.39 is 0 Å². The molecular weight excluding hydrogens is 214 g/mol. The summed E-state index contributed by atoms with van der Waals surface area (Å²) in [6, 6.07) is 4.99. The van der Waals surface area contributed by atoms with Crippen LogP contribution in [0.4, 0.5) is 0 Å². The molecule has 0 aliphatic heterocycles. The van der Waals surface area contributed by atoms with Crippen LogP contribution in [0.2, 0.25) is 0 Å². The first-order valence-electron chi connectivity index (χ1n) is 5.94. The molecule has 0 saturated carbocycles. The molecule has 0 radical (unpaired) electrons. The molecule has 3 nitrogen and oxygen atoms in total. The summed E-state index contributed by atoms with van der Waals surface area (Å²) in [5.41, 5.74) is 1.26. The molecule has 0 fully saturated rings. The molecular formula is C14H21NO2. The Morgan fingerprint density at radius 3 is 2.65 bits per heavy atom. The van der Waals surface area contributed by atoms with Gasteiger partial charge in [-0.25, -0.2) is 0 Å². The van der Waals surface area contributed by atoms with Crippen LogP contribution in [0.1, 0.15) is 43.1 Å². The first-order chi connectivity index (χ1) is 7.87. The Morgan fingerprint density at radius 1 is 1.41 bits per heavy atom. The van der Waals surface area contributed by atoms with Crippen LogP contribution < -0.4 is 5.32 Å². The third kappa shape index (κ3) is 3.48. The van der Waals surface area contributed by atoms with Crippen molar-refractivity contribution in [3.05, 3.63) is 29.3 Å². The Balaban J connectivity index is 2.74. The summed E-state index contributed by atoms with van der Waals surface area (Å²) in [6.45, 7) is 8.71. The van der Waals surface area contributed by atoms with Gasteiger partial charge in [-0.3, -0.25) is 4.79 Å². The van der Waals surface area contributed by atoms with Crippen LogP contribution in [0.25, 0.3) is 0 Å². The summed E-state index contributed by atoms with van der Waals surface area (Å²) in [5, 5.41) is 12.5. The molecule has 0 aromatic heterocycles. The normalized spacial score (nSPS) is 11.3. The number of carbonyl (C=O) groups excluding carboxylic acids is 1. The van der Waals surface area contributed by atoms with Gasteiger partial charge in [-0.05, 0) is 30.9 Å². The molecule has 2 N–H and O–H groups in total. The number of nitrogens with one attached hydrogen (secondary N) is 1. The number of carbonyl (C=O) groups is 1. The number of hydrogen-bond donors (Lipinski definition) is 2. The van der Waals surface area contributed by atoms with Crippen LogP contribution in [0, 0.1) is 12.3 Å². The van der Waals surface area contributed by atoms with E-state index >= 15 is 0 Å². The Morgan fingerprint density at radius 2 is 2.06 bits per heavy atom. The van der Waals surface area contributed by atoms with Crippen LogP contribution in [0.3, 0.4) is 0 Å². The quantitative estimate of drug-likeness (QED) is 0.843. The Kier molecular flexibility index (Phi) is 4.16. The maximum atomic E-state index is 12.0. The SMILES string of the molecule is CCC(C)(C)CNC(=O)c1cccc(O)c1C. The monoisotopic (exact) mass is 235 g/mol. The van der Waals surface area contributed by atoms with Crippen molar-refractivity contribution in [3.63, 3.8) is 0 Å². The second-order valence-electron chi connectivity index (χ2n) is 5.15. The Bertz CT molecular complexity index is 411. The second kappa shape index (κ2) is 5.21. The van der Waals surface area contributed by atoms with Crippen molar-refractivity contribution in [2.45, 2.75) is 34.1 Å². The third-order valence-electron chi connectivity index (χ3n) is 3.23. The van der Waals surface area contributed by atoms with E-state index in [0.29, 0.717) is 17.7 Å². The van der Waals surface area contributed by atoms with E-state index in [1.165, 1.54) is 0 Å². The first-order valence-corrected chi connectivity index (χ1v) is 5.94. The second-order valence-corrected chi connectivity index (χ2v) is 5.15. The highest BCUT2D eigenvalue weighted by molar-refractivity contribution is 5.96. The molecule has 17 heavy (non-hydrogen) atoms. The molecule has 1 rings (SSSR count). The first kappa shape index (κ1) is 13.6. The Labute approximate surface area is 103 Å². The maximum absolute atomic E-state index is 12.0. The van der Waals surface area contributed by atoms with Gasteiger partial charge in [0.15, 0.2) is 0 Å². The van der Waals surface area contributed by atoms with Crippen LogP contribution in [-0.2, 0) is 0 Å². The van der Waals surface area contributed by atoms with E-state index in [2.05, 4.69) is 26.1 Å². The topological polar surface area (TPSA) is 49.3 Å². The van der Waals surface area contributed by atoms with E-state index in [0.717, 1.165) is 6.42 Å². The lowest BCUT2D eigenvalue weighted by Gasteiger charge is -2.23. The summed E-state index contributed by atoms with van der Waals surface area (Å²) < 4.78 is 0. The highest BCUT2D eigenvalue weighted by Crippen LogP contribution is 2.21. The molecule has 0 aliphatic carbocycles. The Hall–Kier alpha value is -1.51. The van der Waals surface area contributed by atoms with E-state index in [9.17, 15) is 9.90 Å². The van der Waals surface area contributed by atoms with Crippen molar-refractivity contribution >= 4 is 5.91 Å². The molecule has 1 aromatic carbocycles. The highest BCUT2D eigenvalue weighted by atomic mass is 16.3. The largest absolute Gasteiger partial charge is 0.508 e. The third-order valence-corrected chi connectivity index (χ3v) is 3.23. The molecule has 1 aromatic rings. The number of rotatable bonds is 4. The molecule has 0 unspecified atom stereocenters. The fourth-order valence-corrected chi connectivity index (χ4v) is 1.41. The van der Waals surface area contributed by atoms with Crippen molar-refractivity contribution in [3.8, 4) is 5.75 Å². The fourth-order valence-electron chi connectivity index (χ4n) is 1.41. The predicted molar refractivity (Wildman–Crippen MR) is 69.2 cm³/mol. The molecule has 0 saturated heterocycles. The van der Waals surface area contributed by atoms with E-state index in [1.807, 2.05) is 0 Å². The van der Waals surface area contributed by atoms with Gasteiger partial charge >= 0.3 is 0 Å². The van der Waals surface area contributed by atoms with Crippen LogP contribution >= 0.6 is 0 Å². The molecule has 0 atom stereocenters. The number of phenolic OH excluding ortho intramolecular Hbond substituents is 1. The lowest BCUT2D eigenvalue weighted by molar-refractivity contribution is 0.0934. The van der Waals surface area contributed by atoms with Gasteiger partial charge in [-0.2, -0.15) is 0 Å². The minimum Gasteiger partial charge on any atom is -0.508 e. The van der Waals surface area contributed by atoms with Crippen LogP contribution in [0.15, 0.2) is 18.2 Å². The summed E-state index contributed by atoms with van der Waals surface area (Å²) >= 11 is 0. The lowest BCUT2D eigenvalue weighted by atomic mass is 9.90. The summed E-state index contributed by atoms with van der Waals surface area (Å²) in [7, 11) is 0. The molecule has 0 spiro atoms. The minimum absolute atomic E-state index is 0.0976. The van der Waals surface area contributed by atoms with Crippen LogP contribution in [-0.4, -0.2) is 17.6 Å². The van der Waals surface area contributed by atoms with Gasteiger partial charge in [0.05, 0.1) is 0 Å². The molecule has 0 heterocycles. The summed E-state index contributed by atoms with van der Waals surface area (Å²) in [6.07, 6.45) is 1.01. The summed E-state index contributed by atoms with van der Waals surface area (Å²) in [5.74, 6) is 0.0346. The molecule has 1 amide bonds. The van der Waals surface area contributed by atoms with Crippen molar-refractivity contribution in [1.82, 2.24) is 5.32 Å². The highest BCUT2D eigenvalue weighted by Gasteiger charge is 2.18. The van der Waals surface area contributed by atoms with Gasteiger partial charge in [-0.15, -0.1) is 0 Å². The zero-order valence-electron chi connectivity index (χ0n) is 11.0. The standard InChI is InChI=1S/C14H21NO2/c1-5-14(3,4)9-15-13(17)11-7-6-8-12(16)10(11)2/h6-8,16H,5,9H2,1-4H3,(H,15,17). The molecule has 94 valence electrons. The van der Waals surface area contributed by atoms with Gasteiger partial charge in [0.2, 0.25) is 0 Å². The van der Waals surface area contributed by atoms with Crippen molar-refractivity contribution in [2.75, 3.05) is 6.54 Å². The van der Waals surface area contributed by atoms with Gasteiger partial charge in [0.25, 0.3) is 5.91 Å². The van der Waals surface area contributed by atoms with E-state index in [1.54, 1.807) is 25.1 Å². The van der Waals surface area contributed by atoms with Gasteiger partial charge in [0.1, 0.15) is 5.75 Å². The zero-order chi connectivity index (χ0) is 13.1. The fraction of sp³-hybridized carbons (Fsp3) is 0.500. The average molecular weight is 235 g/mol. The number of amides is 1. The molecule has 3 heteroatoms. The van der Waals surface area contributed by atoms with E-state index in [4.69, 9.17) is 0 Å². The lowest BCUT2D eigenvalue weighted by Crippen LogP contribution is -2.33. The number of hydrogen-bond acceptors (Lipinski definition) is 2.